The van der Waals surface area contributed by atoms with Gasteiger partial charge in [-0.1, -0.05) is 18.3 Å². The number of sulfonamides is 1. The van der Waals surface area contributed by atoms with Crippen LogP contribution in [0.25, 0.3) is 0 Å². The number of piperidine rings is 1. The largest absolute Gasteiger partial charge is 0.347 e. The molecule has 1 aliphatic heterocycles. The first-order valence-electron chi connectivity index (χ1n) is 6.70. The van der Waals surface area contributed by atoms with Crippen LogP contribution in [0.2, 0.25) is 4.47 Å². The minimum Gasteiger partial charge on any atom is -0.347 e. The summed E-state index contributed by atoms with van der Waals surface area (Å²) < 4.78 is 25.6. The van der Waals surface area contributed by atoms with Gasteiger partial charge >= 0.3 is 0 Å². The lowest BCUT2D eigenvalue weighted by molar-refractivity contribution is 0.0922. The number of aromatic nitrogens is 2. The molecule has 0 unspecified atom stereocenters. The molecule has 1 aromatic heterocycles. The lowest BCUT2D eigenvalue weighted by Crippen LogP contribution is -2.47. The molecule has 2 heterocycles. The molecular weight excluding hydrogens is 336 g/mol. The molecule has 1 saturated heterocycles. The highest BCUT2D eigenvalue weighted by Gasteiger charge is 2.28. The van der Waals surface area contributed by atoms with E-state index in [1.54, 1.807) is 0 Å². The van der Waals surface area contributed by atoms with Gasteiger partial charge in [-0.2, -0.15) is 0 Å². The highest BCUT2D eigenvalue weighted by Crippen LogP contribution is 2.18. The Hall–Kier alpha value is -0.770. The molecular formula is C11H17ClN4O3S2. The number of carbonyl (C=O) groups excluding carboxylic acids is 1. The van der Waals surface area contributed by atoms with E-state index in [9.17, 15) is 13.2 Å². The average molecular weight is 353 g/mol. The van der Waals surface area contributed by atoms with Crippen molar-refractivity contribution in [2.45, 2.75) is 32.2 Å². The van der Waals surface area contributed by atoms with Crippen molar-refractivity contribution in [1.29, 1.82) is 0 Å². The molecule has 2 rings (SSSR count). The Kier molecular flexibility index (Phi) is 5.53. The normalized spacial score (nSPS) is 17.8. The lowest BCUT2D eigenvalue weighted by Gasteiger charge is -2.31. The quantitative estimate of drug-likeness (QED) is 0.857. The fourth-order valence-corrected chi connectivity index (χ4v) is 4.48. The van der Waals surface area contributed by atoms with Gasteiger partial charge in [-0.05, 0) is 30.9 Å². The Morgan fingerprint density at radius 3 is 2.62 bits per heavy atom. The van der Waals surface area contributed by atoms with Gasteiger partial charge in [-0.15, -0.1) is 10.2 Å². The summed E-state index contributed by atoms with van der Waals surface area (Å²) in [6.07, 6.45) is 1.80. The molecule has 0 aromatic carbocycles. The maximum absolute atomic E-state index is 11.9. The molecule has 1 amide bonds. The molecule has 0 bridgehead atoms. The van der Waals surface area contributed by atoms with Crippen LogP contribution in [-0.2, 0) is 10.0 Å². The topological polar surface area (TPSA) is 92.3 Å². The van der Waals surface area contributed by atoms with Gasteiger partial charge in [-0.3, -0.25) is 4.79 Å². The maximum atomic E-state index is 11.9. The van der Waals surface area contributed by atoms with E-state index < -0.39 is 10.0 Å². The van der Waals surface area contributed by atoms with Crippen LogP contribution in [0.5, 0.6) is 0 Å². The number of nitrogens with one attached hydrogen (secondary N) is 1. The third-order valence-corrected chi connectivity index (χ3v) is 6.33. The second-order valence-electron chi connectivity index (χ2n) is 4.82. The number of amides is 1. The molecule has 1 aromatic rings. The maximum Gasteiger partial charge on any atom is 0.282 e. The van der Waals surface area contributed by atoms with E-state index in [1.807, 2.05) is 6.92 Å². The molecule has 0 aliphatic carbocycles. The predicted octanol–water partition coefficient (Wildman–Crippen LogP) is 1.13. The molecule has 0 atom stereocenters. The van der Waals surface area contributed by atoms with E-state index in [0.29, 0.717) is 32.4 Å². The van der Waals surface area contributed by atoms with Crippen LogP contribution < -0.4 is 5.32 Å². The molecule has 0 saturated carbocycles. The van der Waals surface area contributed by atoms with Crippen molar-refractivity contribution in [3.8, 4) is 0 Å². The smallest absolute Gasteiger partial charge is 0.282 e. The number of rotatable bonds is 5. The van der Waals surface area contributed by atoms with Gasteiger partial charge in [0, 0.05) is 19.1 Å². The van der Waals surface area contributed by atoms with Crippen LogP contribution >= 0.6 is 22.9 Å². The first-order chi connectivity index (χ1) is 9.92. The van der Waals surface area contributed by atoms with Crippen molar-refractivity contribution < 1.29 is 13.2 Å². The third kappa shape index (κ3) is 4.35. The molecule has 1 fully saturated rings. The van der Waals surface area contributed by atoms with Gasteiger partial charge in [0.15, 0.2) is 0 Å². The van der Waals surface area contributed by atoms with Gasteiger partial charge in [0.25, 0.3) is 5.91 Å². The monoisotopic (exact) mass is 352 g/mol. The van der Waals surface area contributed by atoms with Crippen LogP contribution in [0.4, 0.5) is 0 Å². The summed E-state index contributed by atoms with van der Waals surface area (Å²) in [7, 11) is -3.15. The summed E-state index contributed by atoms with van der Waals surface area (Å²) in [5.41, 5.74) is 0. The zero-order chi connectivity index (χ0) is 15.5. The Morgan fingerprint density at radius 2 is 2.10 bits per heavy atom. The number of hydrogen-bond donors (Lipinski definition) is 1. The van der Waals surface area contributed by atoms with Crippen molar-refractivity contribution in [3.05, 3.63) is 9.47 Å². The molecule has 0 spiro atoms. The first kappa shape index (κ1) is 16.6. The zero-order valence-electron chi connectivity index (χ0n) is 11.6. The second-order valence-corrected chi connectivity index (χ2v) is 8.47. The minimum absolute atomic E-state index is 0.0479. The summed E-state index contributed by atoms with van der Waals surface area (Å²) >= 11 is 6.66. The highest BCUT2D eigenvalue weighted by molar-refractivity contribution is 7.89. The minimum atomic E-state index is -3.15. The van der Waals surface area contributed by atoms with Crippen LogP contribution in [0.1, 0.15) is 36.0 Å². The fourth-order valence-electron chi connectivity index (χ4n) is 2.21. The van der Waals surface area contributed by atoms with E-state index >= 15 is 0 Å². The van der Waals surface area contributed by atoms with Gasteiger partial charge in [-0.25, -0.2) is 12.7 Å². The summed E-state index contributed by atoms with van der Waals surface area (Å²) in [4.78, 5) is 11.9. The van der Waals surface area contributed by atoms with Crippen LogP contribution in [-0.4, -0.2) is 53.7 Å². The Bertz CT molecular complexity index is 596. The van der Waals surface area contributed by atoms with E-state index in [2.05, 4.69) is 15.5 Å². The van der Waals surface area contributed by atoms with E-state index in [-0.39, 0.29) is 27.2 Å². The van der Waals surface area contributed by atoms with Crippen molar-refractivity contribution in [3.63, 3.8) is 0 Å². The summed E-state index contributed by atoms with van der Waals surface area (Å²) in [5, 5.41) is 10.3. The average Bonchev–Trinajstić information content (AvgIpc) is 2.86. The summed E-state index contributed by atoms with van der Waals surface area (Å²) in [6.45, 7) is 2.71. The molecule has 1 N–H and O–H groups in total. The van der Waals surface area contributed by atoms with E-state index in [1.165, 1.54) is 4.31 Å². The van der Waals surface area contributed by atoms with Gasteiger partial charge < -0.3 is 5.32 Å². The van der Waals surface area contributed by atoms with Crippen molar-refractivity contribution >= 4 is 38.9 Å². The van der Waals surface area contributed by atoms with Crippen molar-refractivity contribution in [2.24, 2.45) is 0 Å². The second kappa shape index (κ2) is 6.99. The van der Waals surface area contributed by atoms with Gasteiger partial charge in [0.1, 0.15) is 0 Å². The SMILES string of the molecule is CCCS(=O)(=O)N1CCC(NC(=O)c2nnc(Cl)s2)CC1. The third-order valence-electron chi connectivity index (χ3n) is 3.24. The molecule has 118 valence electrons. The Labute approximate surface area is 132 Å². The van der Waals surface area contributed by atoms with Crippen LogP contribution in [0.15, 0.2) is 0 Å². The molecule has 0 radical (unpaired) electrons. The summed E-state index contributed by atoms with van der Waals surface area (Å²) in [5.74, 6) is -0.137. The Morgan fingerprint density at radius 1 is 1.43 bits per heavy atom. The Balaban J connectivity index is 1.86. The first-order valence-corrected chi connectivity index (χ1v) is 9.50. The molecule has 21 heavy (non-hydrogen) atoms. The highest BCUT2D eigenvalue weighted by atomic mass is 35.5. The molecule has 7 nitrogen and oxygen atoms in total. The van der Waals surface area contributed by atoms with Gasteiger partial charge in [0.2, 0.25) is 19.5 Å². The van der Waals surface area contributed by atoms with Gasteiger partial charge in [0.05, 0.1) is 5.75 Å². The standard InChI is InChI=1S/C11H17ClN4O3S2/c1-2-7-21(18,19)16-5-3-8(4-6-16)13-9(17)10-14-15-11(12)20-10/h8H,2-7H2,1H3,(H,13,17). The fraction of sp³-hybridized carbons (Fsp3) is 0.727. The summed E-state index contributed by atoms with van der Waals surface area (Å²) in [6, 6.07) is -0.0479. The number of nitrogens with zero attached hydrogens (tertiary/aromatic N) is 3. The number of carbonyl (C=O) groups is 1. The van der Waals surface area contributed by atoms with Crippen molar-refractivity contribution in [1.82, 2.24) is 19.8 Å². The number of halogens is 1. The predicted molar refractivity (Wildman–Crippen MR) is 81.1 cm³/mol. The molecule has 10 heteroatoms. The van der Waals surface area contributed by atoms with Crippen molar-refractivity contribution in [2.75, 3.05) is 18.8 Å². The van der Waals surface area contributed by atoms with Crippen LogP contribution in [0.3, 0.4) is 0 Å². The van der Waals surface area contributed by atoms with E-state index in [4.69, 9.17) is 11.6 Å². The van der Waals surface area contributed by atoms with Crippen LogP contribution in [0, 0.1) is 0 Å². The van der Waals surface area contributed by atoms with E-state index in [0.717, 1.165) is 11.3 Å². The number of hydrogen-bond acceptors (Lipinski definition) is 6. The lowest BCUT2D eigenvalue weighted by atomic mass is 10.1. The zero-order valence-corrected chi connectivity index (χ0v) is 14.0. The molecule has 1 aliphatic rings.